The highest BCUT2D eigenvalue weighted by Gasteiger charge is 2.22. The number of carbonyl (C=O) groups excluding carboxylic acids is 1. The Morgan fingerprint density at radius 2 is 1.86 bits per heavy atom. The van der Waals surface area contributed by atoms with Crippen LogP contribution >= 0.6 is 11.3 Å². The standard InChI is InChI=1S/C31H23FN8OS/c1-17(41)23-7-8-24(42-23)28-27-22(9-10-35-28)37-31(38-27)29-25-26(32)21(16-36-30(25)40-39-29)20-11-19(14-34-15-20)13-33-12-18-5-3-2-4-6-18/h2-11,14-16,33H,12-13H2,1H3,(H,37,38)(H,36,39,40). The Morgan fingerprint density at radius 3 is 2.69 bits per heavy atom. The van der Waals surface area contributed by atoms with Crippen LogP contribution in [0.5, 0.6) is 0 Å². The maximum absolute atomic E-state index is 16.2. The zero-order chi connectivity index (χ0) is 28.6. The first kappa shape index (κ1) is 25.8. The zero-order valence-electron chi connectivity index (χ0n) is 22.4. The lowest BCUT2D eigenvalue weighted by molar-refractivity contribution is 0.102. The molecule has 0 aliphatic rings. The molecule has 0 spiro atoms. The first-order chi connectivity index (χ1) is 20.5. The summed E-state index contributed by atoms with van der Waals surface area (Å²) in [6.45, 7) is 2.83. The summed E-state index contributed by atoms with van der Waals surface area (Å²) < 4.78 is 16.2. The molecular weight excluding hydrogens is 551 g/mol. The Bertz CT molecular complexity index is 2080. The Kier molecular flexibility index (Phi) is 6.57. The van der Waals surface area contributed by atoms with Gasteiger partial charge in [-0.1, -0.05) is 30.3 Å². The minimum atomic E-state index is -0.469. The number of nitrogens with zero attached hydrogens (tertiary/aromatic N) is 5. The Labute approximate surface area is 242 Å². The van der Waals surface area contributed by atoms with Crippen molar-refractivity contribution < 1.29 is 9.18 Å². The van der Waals surface area contributed by atoms with E-state index in [4.69, 9.17) is 4.98 Å². The van der Waals surface area contributed by atoms with Gasteiger partial charge in [-0.15, -0.1) is 11.3 Å². The summed E-state index contributed by atoms with van der Waals surface area (Å²) in [6.07, 6.45) is 6.54. The number of Topliss-reactive ketones (excluding diaryl/α,β-unsaturated/α-hetero) is 1. The molecule has 9 nitrogen and oxygen atoms in total. The summed E-state index contributed by atoms with van der Waals surface area (Å²) in [5.74, 6) is -0.0731. The van der Waals surface area contributed by atoms with Crippen LogP contribution in [0.4, 0.5) is 4.39 Å². The van der Waals surface area contributed by atoms with Gasteiger partial charge in [0.05, 0.1) is 20.7 Å². The van der Waals surface area contributed by atoms with Gasteiger partial charge in [-0.25, -0.2) is 14.4 Å². The molecule has 0 aliphatic carbocycles. The van der Waals surface area contributed by atoms with Crippen LogP contribution in [0.25, 0.3) is 55.3 Å². The molecule has 3 N–H and O–H groups in total. The van der Waals surface area contributed by atoms with E-state index in [1.54, 1.807) is 30.7 Å². The molecule has 1 aromatic carbocycles. The van der Waals surface area contributed by atoms with E-state index >= 15 is 4.39 Å². The lowest BCUT2D eigenvalue weighted by Crippen LogP contribution is -2.12. The molecule has 0 bridgehead atoms. The van der Waals surface area contributed by atoms with Crippen LogP contribution in [-0.4, -0.2) is 40.9 Å². The number of carbonyl (C=O) groups is 1. The van der Waals surface area contributed by atoms with Gasteiger partial charge in [0.2, 0.25) is 0 Å². The van der Waals surface area contributed by atoms with E-state index in [2.05, 4.69) is 47.6 Å². The molecule has 0 radical (unpaired) electrons. The normalized spacial score (nSPS) is 11.5. The topological polar surface area (TPSA) is 125 Å². The van der Waals surface area contributed by atoms with Gasteiger partial charge < -0.3 is 10.3 Å². The smallest absolute Gasteiger partial charge is 0.184 e. The minimum absolute atomic E-state index is 0.00645. The van der Waals surface area contributed by atoms with Gasteiger partial charge in [0.15, 0.2) is 17.3 Å². The number of imidazole rings is 1. The summed E-state index contributed by atoms with van der Waals surface area (Å²) in [5.41, 5.74) is 5.62. The van der Waals surface area contributed by atoms with E-state index in [0.717, 1.165) is 16.0 Å². The maximum Gasteiger partial charge on any atom is 0.184 e. The van der Waals surface area contributed by atoms with Crippen molar-refractivity contribution >= 4 is 39.2 Å². The largest absolute Gasteiger partial charge is 0.337 e. The molecule has 0 saturated carbocycles. The fourth-order valence-corrected chi connectivity index (χ4v) is 5.79. The number of rotatable bonds is 8. The van der Waals surface area contributed by atoms with Crippen molar-refractivity contribution in [2.75, 3.05) is 0 Å². The first-order valence-electron chi connectivity index (χ1n) is 13.2. The second-order valence-electron chi connectivity index (χ2n) is 9.82. The van der Waals surface area contributed by atoms with Crippen LogP contribution in [0.15, 0.2) is 79.4 Å². The average Bonchev–Trinajstić information content (AvgIpc) is 3.76. The molecule has 0 unspecified atom stereocenters. The van der Waals surface area contributed by atoms with Crippen LogP contribution in [0.1, 0.15) is 27.7 Å². The highest BCUT2D eigenvalue weighted by atomic mass is 32.1. The minimum Gasteiger partial charge on any atom is -0.337 e. The highest BCUT2D eigenvalue weighted by Crippen LogP contribution is 2.35. The number of fused-ring (bicyclic) bond motifs is 2. The summed E-state index contributed by atoms with van der Waals surface area (Å²) in [5, 5.41) is 10.8. The summed E-state index contributed by atoms with van der Waals surface area (Å²) in [7, 11) is 0. The van der Waals surface area contributed by atoms with Crippen molar-refractivity contribution in [2.45, 2.75) is 20.0 Å². The van der Waals surface area contributed by atoms with E-state index in [1.807, 2.05) is 30.3 Å². The quantitative estimate of drug-likeness (QED) is 0.181. The zero-order valence-corrected chi connectivity index (χ0v) is 23.2. The third-order valence-electron chi connectivity index (χ3n) is 6.95. The number of thiophene rings is 1. The van der Waals surface area contributed by atoms with Crippen molar-refractivity contribution in [1.82, 2.24) is 40.4 Å². The van der Waals surface area contributed by atoms with Gasteiger partial charge in [-0.3, -0.25) is 19.9 Å². The van der Waals surface area contributed by atoms with E-state index in [9.17, 15) is 4.79 Å². The third kappa shape index (κ3) is 4.74. The predicted molar refractivity (Wildman–Crippen MR) is 160 cm³/mol. The van der Waals surface area contributed by atoms with Crippen molar-refractivity contribution in [2.24, 2.45) is 0 Å². The number of H-pyrrole nitrogens is 2. The van der Waals surface area contributed by atoms with Crippen LogP contribution < -0.4 is 5.32 Å². The van der Waals surface area contributed by atoms with Gasteiger partial charge in [0, 0.05) is 49.0 Å². The highest BCUT2D eigenvalue weighted by molar-refractivity contribution is 7.17. The number of hydrogen-bond acceptors (Lipinski definition) is 8. The second kappa shape index (κ2) is 10.7. The first-order valence-corrected chi connectivity index (χ1v) is 14.0. The molecule has 0 aliphatic heterocycles. The molecule has 0 amide bonds. The molecule has 0 atom stereocenters. The summed E-state index contributed by atoms with van der Waals surface area (Å²) in [4.78, 5) is 34.6. The fourth-order valence-electron chi connectivity index (χ4n) is 4.89. The molecule has 6 heterocycles. The number of nitrogens with one attached hydrogen (secondary N) is 3. The molecule has 7 aromatic rings. The molecule has 11 heteroatoms. The molecule has 42 heavy (non-hydrogen) atoms. The number of halogens is 1. The molecule has 206 valence electrons. The van der Waals surface area contributed by atoms with Crippen LogP contribution in [0.2, 0.25) is 0 Å². The Balaban J connectivity index is 1.23. The van der Waals surface area contributed by atoms with E-state index in [-0.39, 0.29) is 16.8 Å². The lowest BCUT2D eigenvalue weighted by Gasteiger charge is -2.08. The maximum atomic E-state index is 16.2. The van der Waals surface area contributed by atoms with Gasteiger partial charge in [0.1, 0.15) is 22.7 Å². The van der Waals surface area contributed by atoms with Gasteiger partial charge in [-0.05, 0) is 42.3 Å². The monoisotopic (exact) mass is 574 g/mol. The van der Waals surface area contributed by atoms with Crippen LogP contribution in [0.3, 0.4) is 0 Å². The second-order valence-corrected chi connectivity index (χ2v) is 10.9. The number of benzene rings is 1. The van der Waals surface area contributed by atoms with Crippen molar-refractivity contribution in [3.63, 3.8) is 0 Å². The van der Waals surface area contributed by atoms with Gasteiger partial charge in [-0.2, -0.15) is 5.10 Å². The van der Waals surface area contributed by atoms with Crippen LogP contribution in [-0.2, 0) is 13.1 Å². The van der Waals surface area contributed by atoms with Crippen LogP contribution in [0, 0.1) is 5.82 Å². The Morgan fingerprint density at radius 1 is 1.00 bits per heavy atom. The van der Waals surface area contributed by atoms with E-state index in [1.165, 1.54) is 30.0 Å². The third-order valence-corrected chi connectivity index (χ3v) is 8.14. The SMILES string of the molecule is CC(=O)c1ccc(-c2nccc3[nH]c(-c4[nH]nc5ncc(-c6cncc(CNCc7ccccc7)c6)c(F)c45)nc23)s1. The summed E-state index contributed by atoms with van der Waals surface area (Å²) >= 11 is 1.36. The van der Waals surface area contributed by atoms with E-state index in [0.29, 0.717) is 51.8 Å². The molecular formula is C31H23FN8OS. The van der Waals surface area contributed by atoms with Crippen molar-refractivity contribution in [3.05, 3.63) is 101 Å². The van der Waals surface area contributed by atoms with Gasteiger partial charge in [0.25, 0.3) is 0 Å². The molecule has 7 rings (SSSR count). The number of aromatic nitrogens is 7. The number of hydrogen-bond donors (Lipinski definition) is 3. The molecule has 0 saturated heterocycles. The number of ketones is 1. The summed E-state index contributed by atoms with van der Waals surface area (Å²) in [6, 6.07) is 17.5. The van der Waals surface area contributed by atoms with Crippen molar-refractivity contribution in [3.8, 4) is 33.2 Å². The van der Waals surface area contributed by atoms with E-state index < -0.39 is 5.82 Å². The Hall–Kier alpha value is -5.13. The molecule has 6 aromatic heterocycles. The number of aromatic amines is 2. The fraction of sp³-hybridized carbons (Fsp3) is 0.0968. The van der Waals surface area contributed by atoms with Gasteiger partial charge >= 0.3 is 0 Å². The molecule has 0 fully saturated rings. The lowest BCUT2D eigenvalue weighted by atomic mass is 10.1. The number of pyridine rings is 3. The predicted octanol–water partition coefficient (Wildman–Crippen LogP) is 6.32. The van der Waals surface area contributed by atoms with Crippen molar-refractivity contribution in [1.29, 1.82) is 0 Å². The average molecular weight is 575 g/mol.